The van der Waals surface area contributed by atoms with Gasteiger partial charge in [-0.15, -0.1) is 0 Å². The second-order valence-electron chi connectivity index (χ2n) is 6.70. The largest absolute Gasteiger partial charge is 0.492 e. The molecule has 2 aliphatic heterocycles. The molecule has 1 atom stereocenters. The number of hydrogen-bond acceptors (Lipinski definition) is 4. The SMILES string of the molecule is O=C([C@H]1COc2ccc(Cl)cc2C1)N1CCN(Cc2ccsc2)CC1. The Labute approximate surface area is 156 Å². The van der Waals surface area contributed by atoms with Gasteiger partial charge in [0.05, 0.1) is 5.92 Å². The highest BCUT2D eigenvalue weighted by atomic mass is 35.5. The fourth-order valence-electron chi connectivity index (χ4n) is 3.55. The van der Waals surface area contributed by atoms with Gasteiger partial charge < -0.3 is 9.64 Å². The van der Waals surface area contributed by atoms with E-state index in [4.69, 9.17) is 16.3 Å². The Kier molecular flexibility index (Phi) is 4.97. The minimum absolute atomic E-state index is 0.102. The van der Waals surface area contributed by atoms with Crippen LogP contribution in [0.15, 0.2) is 35.0 Å². The molecule has 2 aromatic rings. The maximum atomic E-state index is 12.9. The number of amides is 1. The average Bonchev–Trinajstić information content (AvgIpc) is 3.14. The molecule has 0 radical (unpaired) electrons. The van der Waals surface area contributed by atoms with Crippen molar-refractivity contribution in [2.24, 2.45) is 5.92 Å². The van der Waals surface area contributed by atoms with E-state index in [1.807, 2.05) is 23.1 Å². The molecule has 0 bridgehead atoms. The van der Waals surface area contributed by atoms with Crippen LogP contribution in [-0.4, -0.2) is 48.5 Å². The first-order valence-corrected chi connectivity index (χ1v) is 9.94. The van der Waals surface area contributed by atoms with Crippen LogP contribution in [0, 0.1) is 5.92 Å². The quantitative estimate of drug-likeness (QED) is 0.824. The zero-order valence-corrected chi connectivity index (χ0v) is 15.6. The van der Waals surface area contributed by atoms with Crippen LogP contribution in [0.2, 0.25) is 5.02 Å². The van der Waals surface area contributed by atoms with Crippen molar-refractivity contribution in [3.63, 3.8) is 0 Å². The van der Waals surface area contributed by atoms with E-state index in [9.17, 15) is 4.79 Å². The van der Waals surface area contributed by atoms with Crippen LogP contribution in [0.25, 0.3) is 0 Å². The van der Waals surface area contributed by atoms with Gasteiger partial charge in [-0.05, 0) is 52.6 Å². The van der Waals surface area contributed by atoms with Gasteiger partial charge in [-0.2, -0.15) is 11.3 Å². The third kappa shape index (κ3) is 3.84. The van der Waals surface area contributed by atoms with Gasteiger partial charge in [-0.3, -0.25) is 9.69 Å². The Morgan fingerprint density at radius 3 is 2.84 bits per heavy atom. The van der Waals surface area contributed by atoms with Crippen molar-refractivity contribution in [3.05, 3.63) is 51.2 Å². The Bertz CT molecular complexity index is 742. The molecule has 0 saturated carbocycles. The molecule has 132 valence electrons. The predicted octanol–water partition coefficient (Wildman–Crippen LogP) is 3.30. The minimum Gasteiger partial charge on any atom is -0.492 e. The molecule has 1 fully saturated rings. The van der Waals surface area contributed by atoms with Crippen LogP contribution in [0.4, 0.5) is 0 Å². The van der Waals surface area contributed by atoms with Gasteiger partial charge in [-0.1, -0.05) is 11.6 Å². The van der Waals surface area contributed by atoms with Crippen LogP contribution >= 0.6 is 22.9 Å². The molecule has 2 aliphatic rings. The fourth-order valence-corrected chi connectivity index (χ4v) is 4.40. The zero-order valence-electron chi connectivity index (χ0n) is 14.0. The molecule has 6 heteroatoms. The highest BCUT2D eigenvalue weighted by molar-refractivity contribution is 7.07. The summed E-state index contributed by atoms with van der Waals surface area (Å²) in [6, 6.07) is 7.80. The second-order valence-corrected chi connectivity index (χ2v) is 7.91. The van der Waals surface area contributed by atoms with E-state index in [0.29, 0.717) is 18.1 Å². The van der Waals surface area contributed by atoms with Crippen LogP contribution in [0.3, 0.4) is 0 Å². The molecule has 3 heterocycles. The summed E-state index contributed by atoms with van der Waals surface area (Å²) in [7, 11) is 0. The van der Waals surface area contributed by atoms with Crippen molar-refractivity contribution >= 4 is 28.8 Å². The van der Waals surface area contributed by atoms with Crippen LogP contribution in [0.5, 0.6) is 5.75 Å². The lowest BCUT2D eigenvalue weighted by molar-refractivity contribution is -0.138. The molecule has 4 nitrogen and oxygen atoms in total. The molecule has 1 aromatic carbocycles. The summed E-state index contributed by atoms with van der Waals surface area (Å²) in [6.07, 6.45) is 0.712. The van der Waals surface area contributed by atoms with Gasteiger partial charge in [0.15, 0.2) is 0 Å². The third-order valence-corrected chi connectivity index (χ3v) is 5.92. The Balaban J connectivity index is 1.33. The molecule has 1 aromatic heterocycles. The Morgan fingerprint density at radius 2 is 2.08 bits per heavy atom. The lowest BCUT2D eigenvalue weighted by Crippen LogP contribution is -2.51. The third-order valence-electron chi connectivity index (χ3n) is 4.95. The minimum atomic E-state index is -0.102. The summed E-state index contributed by atoms with van der Waals surface area (Å²) in [4.78, 5) is 17.3. The molecule has 1 saturated heterocycles. The van der Waals surface area contributed by atoms with Crippen LogP contribution < -0.4 is 4.74 Å². The monoisotopic (exact) mass is 376 g/mol. The summed E-state index contributed by atoms with van der Waals surface area (Å²) >= 11 is 7.80. The molecule has 25 heavy (non-hydrogen) atoms. The number of halogens is 1. The summed E-state index contributed by atoms with van der Waals surface area (Å²) in [5, 5.41) is 5.00. The van der Waals surface area contributed by atoms with E-state index in [0.717, 1.165) is 44.0 Å². The summed E-state index contributed by atoms with van der Waals surface area (Å²) < 4.78 is 5.78. The number of carbonyl (C=O) groups excluding carboxylic acids is 1. The van der Waals surface area contributed by atoms with E-state index in [2.05, 4.69) is 21.7 Å². The first-order chi connectivity index (χ1) is 12.2. The number of hydrogen-bond donors (Lipinski definition) is 0. The number of carbonyl (C=O) groups is 1. The Morgan fingerprint density at radius 1 is 1.24 bits per heavy atom. The molecule has 0 aliphatic carbocycles. The highest BCUT2D eigenvalue weighted by Crippen LogP contribution is 2.30. The van der Waals surface area contributed by atoms with E-state index in [1.165, 1.54) is 5.56 Å². The van der Waals surface area contributed by atoms with Gasteiger partial charge in [-0.25, -0.2) is 0 Å². The average molecular weight is 377 g/mol. The van der Waals surface area contributed by atoms with Crippen LogP contribution in [-0.2, 0) is 17.8 Å². The number of piperazine rings is 1. The standard InChI is InChI=1S/C19H21ClN2O2S/c20-17-1-2-18-15(10-17)9-16(12-24-18)19(23)22-6-4-21(5-7-22)11-14-3-8-25-13-14/h1-3,8,10,13,16H,4-7,9,11-12H2/t16-/m1/s1. The van der Waals surface area contributed by atoms with E-state index < -0.39 is 0 Å². The number of benzene rings is 1. The molecule has 0 N–H and O–H groups in total. The van der Waals surface area contributed by atoms with Crippen molar-refractivity contribution in [2.45, 2.75) is 13.0 Å². The number of nitrogens with zero attached hydrogens (tertiary/aromatic N) is 2. The summed E-state index contributed by atoms with van der Waals surface area (Å²) in [5.74, 6) is 0.962. The zero-order chi connectivity index (χ0) is 17.2. The lowest BCUT2D eigenvalue weighted by Gasteiger charge is -2.37. The molecule has 0 unspecified atom stereocenters. The normalized spacial score (nSPS) is 20.8. The lowest BCUT2D eigenvalue weighted by atomic mass is 9.95. The fraction of sp³-hybridized carbons (Fsp3) is 0.421. The first kappa shape index (κ1) is 16.9. The molecule has 4 rings (SSSR count). The van der Waals surface area contributed by atoms with E-state index >= 15 is 0 Å². The van der Waals surface area contributed by atoms with Gasteiger partial charge in [0.25, 0.3) is 0 Å². The second kappa shape index (κ2) is 7.36. The number of rotatable bonds is 3. The summed E-state index contributed by atoms with van der Waals surface area (Å²) in [5.41, 5.74) is 2.40. The highest BCUT2D eigenvalue weighted by Gasteiger charge is 2.31. The molecule has 0 spiro atoms. The molecular weight excluding hydrogens is 356 g/mol. The van der Waals surface area contributed by atoms with E-state index in [1.54, 1.807) is 11.3 Å². The van der Waals surface area contributed by atoms with Crippen molar-refractivity contribution in [2.75, 3.05) is 32.8 Å². The van der Waals surface area contributed by atoms with Gasteiger partial charge >= 0.3 is 0 Å². The van der Waals surface area contributed by atoms with Crippen molar-refractivity contribution in [3.8, 4) is 5.75 Å². The smallest absolute Gasteiger partial charge is 0.229 e. The van der Waals surface area contributed by atoms with Crippen molar-refractivity contribution in [1.29, 1.82) is 0 Å². The van der Waals surface area contributed by atoms with Gasteiger partial charge in [0, 0.05) is 37.7 Å². The van der Waals surface area contributed by atoms with Crippen molar-refractivity contribution < 1.29 is 9.53 Å². The molecule has 1 amide bonds. The summed E-state index contributed by atoms with van der Waals surface area (Å²) in [6.45, 7) is 4.88. The first-order valence-electron chi connectivity index (χ1n) is 8.62. The topological polar surface area (TPSA) is 32.8 Å². The maximum absolute atomic E-state index is 12.9. The van der Waals surface area contributed by atoms with Crippen LogP contribution in [0.1, 0.15) is 11.1 Å². The number of ether oxygens (including phenoxy) is 1. The number of thiophene rings is 1. The van der Waals surface area contributed by atoms with Gasteiger partial charge in [0.1, 0.15) is 12.4 Å². The molecular formula is C19H21ClN2O2S. The van der Waals surface area contributed by atoms with Gasteiger partial charge in [0.2, 0.25) is 5.91 Å². The Hall–Kier alpha value is -1.56. The predicted molar refractivity (Wildman–Crippen MR) is 100 cm³/mol. The van der Waals surface area contributed by atoms with E-state index in [-0.39, 0.29) is 11.8 Å². The number of fused-ring (bicyclic) bond motifs is 1. The maximum Gasteiger partial charge on any atom is 0.229 e. The van der Waals surface area contributed by atoms with Crippen molar-refractivity contribution in [1.82, 2.24) is 9.80 Å².